The monoisotopic (exact) mass is 402 g/mol. The third-order valence-corrected chi connectivity index (χ3v) is 6.86. The average Bonchev–Trinajstić information content (AvgIpc) is 2.89. The highest BCUT2D eigenvalue weighted by atomic mass is 32.2. The van der Waals surface area contributed by atoms with Gasteiger partial charge in [-0.05, 0) is 42.3 Å². The predicted octanol–water partition coefficient (Wildman–Crippen LogP) is 4.62. The summed E-state index contributed by atoms with van der Waals surface area (Å²) in [6.45, 7) is 7.63. The van der Waals surface area contributed by atoms with Crippen molar-refractivity contribution in [3.8, 4) is 0 Å². The summed E-state index contributed by atoms with van der Waals surface area (Å²) in [6, 6.07) is 12.4. The molecule has 1 fully saturated rings. The molecule has 3 nitrogen and oxygen atoms in total. The highest BCUT2D eigenvalue weighted by Crippen LogP contribution is 2.51. The number of hydrogen-bond donors (Lipinski definition) is 1. The van der Waals surface area contributed by atoms with Crippen LogP contribution < -0.4 is 0 Å². The third kappa shape index (κ3) is 3.22. The smallest absolute Gasteiger partial charge is 0.162 e. The van der Waals surface area contributed by atoms with Crippen LogP contribution in [0.15, 0.2) is 53.5 Å². The first kappa shape index (κ1) is 19.4. The van der Waals surface area contributed by atoms with Gasteiger partial charge in [0.15, 0.2) is 10.9 Å². The summed E-state index contributed by atoms with van der Waals surface area (Å²) in [6.07, 6.45) is 0. The van der Waals surface area contributed by atoms with Crippen molar-refractivity contribution in [2.24, 2.45) is 10.4 Å². The van der Waals surface area contributed by atoms with E-state index in [4.69, 9.17) is 4.99 Å². The van der Waals surface area contributed by atoms with E-state index < -0.39 is 11.6 Å². The summed E-state index contributed by atoms with van der Waals surface area (Å²) in [4.78, 5) is 6.70. The van der Waals surface area contributed by atoms with Gasteiger partial charge in [0, 0.05) is 18.5 Å². The highest BCUT2D eigenvalue weighted by Gasteiger charge is 2.57. The fourth-order valence-corrected chi connectivity index (χ4v) is 5.37. The first-order chi connectivity index (χ1) is 13.2. The molecule has 2 aliphatic heterocycles. The summed E-state index contributed by atoms with van der Waals surface area (Å²) >= 11 is 1.56. The fraction of sp³-hybridized carbons (Fsp3) is 0.409. The molecule has 0 aromatic heterocycles. The van der Waals surface area contributed by atoms with Gasteiger partial charge in [-0.2, -0.15) is 0 Å². The Bertz CT molecular complexity index is 852. The molecule has 1 N–H and O–H groups in total. The van der Waals surface area contributed by atoms with Gasteiger partial charge in [-0.3, -0.25) is 4.99 Å². The molecule has 2 heterocycles. The number of fused-ring (bicyclic) bond motifs is 1. The second kappa shape index (κ2) is 6.85. The maximum atomic E-state index is 13.6. The van der Waals surface area contributed by atoms with Crippen LogP contribution in [0.3, 0.4) is 0 Å². The van der Waals surface area contributed by atoms with E-state index in [1.807, 2.05) is 11.8 Å². The van der Waals surface area contributed by atoms with Crippen molar-refractivity contribution in [3.63, 3.8) is 0 Å². The van der Waals surface area contributed by atoms with E-state index in [-0.39, 0.29) is 22.3 Å². The minimum atomic E-state index is -1.27. The minimum Gasteiger partial charge on any atom is -0.369 e. The Balaban J connectivity index is 1.87. The lowest BCUT2D eigenvalue weighted by Crippen LogP contribution is -2.59. The number of benzene rings is 2. The summed E-state index contributed by atoms with van der Waals surface area (Å²) < 4.78 is 27.2. The Labute approximate surface area is 168 Å². The van der Waals surface area contributed by atoms with Crippen molar-refractivity contribution in [1.82, 2.24) is 4.90 Å². The Kier molecular flexibility index (Phi) is 4.74. The van der Waals surface area contributed by atoms with Crippen molar-refractivity contribution in [3.05, 3.63) is 71.3 Å². The van der Waals surface area contributed by atoms with Gasteiger partial charge in [-0.1, -0.05) is 49.9 Å². The number of thioether (sulfide) groups is 1. The van der Waals surface area contributed by atoms with Gasteiger partial charge >= 0.3 is 0 Å². The zero-order valence-corrected chi connectivity index (χ0v) is 17.0. The molecule has 2 aromatic rings. The van der Waals surface area contributed by atoms with Crippen LogP contribution >= 0.6 is 11.8 Å². The molecular formula is C22H24F2N2OS. The van der Waals surface area contributed by atoms with Gasteiger partial charge in [-0.25, -0.2) is 8.78 Å². The molecule has 2 aromatic carbocycles. The normalized spacial score (nSPS) is 26.3. The molecule has 2 unspecified atom stereocenters. The fourth-order valence-electron chi connectivity index (χ4n) is 4.14. The Hall–Kier alpha value is -1.92. The molecule has 148 valence electrons. The van der Waals surface area contributed by atoms with E-state index in [9.17, 15) is 13.9 Å². The Morgan fingerprint density at radius 3 is 2.04 bits per heavy atom. The lowest BCUT2D eigenvalue weighted by atomic mass is 9.78. The number of rotatable bonds is 3. The van der Waals surface area contributed by atoms with Crippen LogP contribution in [0.2, 0.25) is 0 Å². The summed E-state index contributed by atoms with van der Waals surface area (Å²) in [5.41, 5.74) is 0.231. The number of amidine groups is 1. The molecule has 1 saturated heterocycles. The molecule has 2 atom stereocenters. The second-order valence-electron chi connectivity index (χ2n) is 8.43. The van der Waals surface area contributed by atoms with Crippen LogP contribution in [0.1, 0.15) is 37.8 Å². The maximum Gasteiger partial charge on any atom is 0.162 e. The lowest BCUT2D eigenvalue weighted by molar-refractivity contribution is -0.0873. The van der Waals surface area contributed by atoms with Crippen LogP contribution in [0.5, 0.6) is 0 Å². The molecule has 0 aliphatic carbocycles. The first-order valence-electron chi connectivity index (χ1n) is 9.43. The summed E-state index contributed by atoms with van der Waals surface area (Å²) in [7, 11) is 0. The van der Waals surface area contributed by atoms with Crippen LogP contribution in [0.4, 0.5) is 8.78 Å². The zero-order valence-electron chi connectivity index (χ0n) is 16.2. The number of aliphatic imine (C=N–C) groups is 1. The van der Waals surface area contributed by atoms with E-state index in [1.54, 1.807) is 36.0 Å². The van der Waals surface area contributed by atoms with Crippen molar-refractivity contribution in [1.29, 1.82) is 0 Å². The van der Waals surface area contributed by atoms with Gasteiger partial charge < -0.3 is 10.0 Å². The second-order valence-corrected chi connectivity index (χ2v) is 9.74. The van der Waals surface area contributed by atoms with Crippen LogP contribution in [-0.4, -0.2) is 39.2 Å². The largest absolute Gasteiger partial charge is 0.369 e. The summed E-state index contributed by atoms with van der Waals surface area (Å²) in [5.74, 6) is -1.13. The highest BCUT2D eigenvalue weighted by molar-refractivity contribution is 8.14. The molecule has 0 radical (unpaired) electrons. The maximum absolute atomic E-state index is 13.6. The topological polar surface area (TPSA) is 35.8 Å². The first-order valence-corrected chi connectivity index (χ1v) is 10.3. The predicted molar refractivity (Wildman–Crippen MR) is 109 cm³/mol. The van der Waals surface area contributed by atoms with Crippen molar-refractivity contribution < 1.29 is 13.9 Å². The SMILES string of the molecule is CC1SC2=NCC(C)(C)CN2C1(O)C(c1ccc(F)cc1)c1ccc(F)cc1. The molecule has 6 heteroatoms. The van der Waals surface area contributed by atoms with Crippen LogP contribution in [0.25, 0.3) is 0 Å². The van der Waals surface area contributed by atoms with E-state index in [0.29, 0.717) is 13.1 Å². The standard InChI is InChI=1S/C22H24F2N2OS/c1-14-22(27,26-13-21(2,3)12-25-20(26)28-14)19(15-4-8-17(23)9-5-15)16-6-10-18(24)11-7-16/h4-11,14,19,27H,12-13H2,1-3H3. The van der Waals surface area contributed by atoms with E-state index in [1.165, 1.54) is 24.3 Å². The number of halogens is 2. The van der Waals surface area contributed by atoms with Crippen LogP contribution in [-0.2, 0) is 0 Å². The average molecular weight is 403 g/mol. The number of aliphatic hydroxyl groups is 1. The Morgan fingerprint density at radius 2 is 1.54 bits per heavy atom. The van der Waals surface area contributed by atoms with Crippen LogP contribution in [0, 0.1) is 17.0 Å². The molecular weight excluding hydrogens is 378 g/mol. The third-order valence-electron chi connectivity index (χ3n) is 5.60. The quantitative estimate of drug-likeness (QED) is 0.814. The zero-order chi connectivity index (χ0) is 20.1. The number of nitrogens with zero attached hydrogens (tertiary/aromatic N) is 2. The molecule has 4 rings (SSSR count). The van der Waals surface area contributed by atoms with E-state index >= 15 is 0 Å². The molecule has 0 amide bonds. The molecule has 0 bridgehead atoms. The van der Waals surface area contributed by atoms with Crippen molar-refractivity contribution >= 4 is 16.9 Å². The molecule has 2 aliphatic rings. The van der Waals surface area contributed by atoms with Gasteiger partial charge in [-0.15, -0.1) is 0 Å². The van der Waals surface area contributed by atoms with Crippen molar-refractivity contribution in [2.45, 2.75) is 37.7 Å². The van der Waals surface area contributed by atoms with E-state index in [0.717, 1.165) is 16.3 Å². The van der Waals surface area contributed by atoms with Crippen molar-refractivity contribution in [2.75, 3.05) is 13.1 Å². The van der Waals surface area contributed by atoms with Gasteiger partial charge in [0.1, 0.15) is 11.6 Å². The Morgan fingerprint density at radius 1 is 1.04 bits per heavy atom. The minimum absolute atomic E-state index is 0.0712. The summed E-state index contributed by atoms with van der Waals surface area (Å²) in [5, 5.41) is 12.8. The number of hydrogen-bond acceptors (Lipinski definition) is 4. The van der Waals surface area contributed by atoms with Gasteiger partial charge in [0.05, 0.1) is 11.2 Å². The van der Waals surface area contributed by atoms with Gasteiger partial charge in [0.25, 0.3) is 0 Å². The molecule has 0 spiro atoms. The van der Waals surface area contributed by atoms with Gasteiger partial charge in [0.2, 0.25) is 0 Å². The molecule has 0 saturated carbocycles. The molecule has 28 heavy (non-hydrogen) atoms. The van der Waals surface area contributed by atoms with E-state index in [2.05, 4.69) is 13.8 Å². The lowest BCUT2D eigenvalue weighted by Gasteiger charge is -2.47.